The van der Waals surface area contributed by atoms with Crippen molar-refractivity contribution in [2.75, 3.05) is 13.2 Å². The van der Waals surface area contributed by atoms with Crippen molar-refractivity contribution >= 4 is 40.2 Å². The summed E-state index contributed by atoms with van der Waals surface area (Å²) in [6, 6.07) is 2.96. The highest BCUT2D eigenvalue weighted by atomic mass is 35.5. The van der Waals surface area contributed by atoms with Gasteiger partial charge in [0.1, 0.15) is 24.8 Å². The van der Waals surface area contributed by atoms with E-state index in [1.54, 1.807) is 0 Å². The number of rotatable bonds is 4. The fourth-order valence-corrected chi connectivity index (χ4v) is 5.84. The number of aromatic amines is 2. The molecule has 0 bridgehead atoms. The van der Waals surface area contributed by atoms with Gasteiger partial charge in [0, 0.05) is 12.1 Å². The summed E-state index contributed by atoms with van der Waals surface area (Å²) in [7, 11) is 0. The van der Waals surface area contributed by atoms with Crippen molar-refractivity contribution in [3.63, 3.8) is 0 Å². The number of benzene rings is 1. The van der Waals surface area contributed by atoms with Crippen molar-refractivity contribution in [1.82, 2.24) is 20.2 Å². The average Bonchev–Trinajstić information content (AvgIpc) is 3.38. The number of nitrogens with one attached hydrogen (secondary N) is 3. The molecular formula is C24H27ClN4O6. The highest BCUT2D eigenvalue weighted by molar-refractivity contribution is 6.22. The lowest BCUT2D eigenvalue weighted by atomic mass is 9.78. The Hall–Kier alpha value is -2.98. The van der Waals surface area contributed by atoms with E-state index in [1.165, 1.54) is 23.1 Å². The Morgan fingerprint density at radius 1 is 1.09 bits per heavy atom. The first-order valence-corrected chi connectivity index (χ1v) is 12.3. The lowest BCUT2D eigenvalue weighted by Crippen LogP contribution is -2.55. The van der Waals surface area contributed by atoms with E-state index in [-0.39, 0.29) is 36.3 Å². The van der Waals surface area contributed by atoms with Crippen LogP contribution in [0.1, 0.15) is 43.0 Å². The molecule has 186 valence electrons. The number of carbonyl (C=O) groups excluding carboxylic acids is 3. The van der Waals surface area contributed by atoms with Crippen molar-refractivity contribution in [2.24, 2.45) is 11.8 Å². The number of H-pyrrole nitrogens is 2. The zero-order valence-electron chi connectivity index (χ0n) is 19.2. The summed E-state index contributed by atoms with van der Waals surface area (Å²) in [5, 5.41) is 2.42. The number of likely N-dealkylation sites (tertiary alicyclic amines) is 1. The highest BCUT2D eigenvalue weighted by Gasteiger charge is 2.53. The standard InChI is InChI=1S/C24H27ClN4O6/c1-11-2-4-12(5-3-11)18(24(34)29-9-14(25)20-19(29)17(30)10-35-20)28-21(31)13-6-7-15-16(8-13)27-23(33)22(32)26-15/h6-8,11-12,14,18-20H,2-5,9-10H2,1H3,(H,26,32)(H,27,33)(H,28,31)/t11?,12?,14-,18-,19+,20+/m0/s1. The van der Waals surface area contributed by atoms with Crippen LogP contribution in [0.4, 0.5) is 0 Å². The minimum absolute atomic E-state index is 0.0717. The van der Waals surface area contributed by atoms with Crippen LogP contribution in [-0.2, 0) is 14.3 Å². The van der Waals surface area contributed by atoms with Crippen molar-refractivity contribution in [3.05, 3.63) is 44.5 Å². The van der Waals surface area contributed by atoms with Crippen LogP contribution in [0.15, 0.2) is 27.8 Å². The fourth-order valence-electron chi connectivity index (χ4n) is 5.48. The molecule has 3 N–H and O–H groups in total. The number of ether oxygens (including phenoxy) is 1. The van der Waals surface area contributed by atoms with Crippen LogP contribution in [0.2, 0.25) is 0 Å². The molecule has 1 aliphatic carbocycles. The number of carbonyl (C=O) groups is 3. The van der Waals surface area contributed by atoms with Crippen molar-refractivity contribution in [2.45, 2.75) is 56.2 Å². The van der Waals surface area contributed by atoms with Crippen LogP contribution < -0.4 is 16.4 Å². The summed E-state index contributed by atoms with van der Waals surface area (Å²) >= 11 is 6.40. The molecule has 0 radical (unpaired) electrons. The third-order valence-corrected chi connectivity index (χ3v) is 7.86. The molecule has 2 aliphatic heterocycles. The van der Waals surface area contributed by atoms with Gasteiger partial charge in [0.2, 0.25) is 5.91 Å². The van der Waals surface area contributed by atoms with E-state index in [2.05, 4.69) is 22.2 Å². The number of hydrogen-bond donors (Lipinski definition) is 3. The largest absolute Gasteiger partial charge is 0.366 e. The highest BCUT2D eigenvalue weighted by Crippen LogP contribution is 2.35. The molecule has 0 spiro atoms. The fraction of sp³-hybridized carbons (Fsp3) is 0.542. The Morgan fingerprint density at radius 3 is 2.49 bits per heavy atom. The van der Waals surface area contributed by atoms with Crippen molar-refractivity contribution in [3.8, 4) is 0 Å². The lowest BCUT2D eigenvalue weighted by Gasteiger charge is -2.35. The molecule has 5 rings (SSSR count). The Labute approximate surface area is 205 Å². The number of nitrogens with zero attached hydrogens (tertiary/aromatic N) is 1. The Bertz CT molecular complexity index is 1300. The summed E-state index contributed by atoms with van der Waals surface area (Å²) in [5.74, 6) is -0.521. The van der Waals surface area contributed by atoms with Crippen LogP contribution in [0, 0.1) is 11.8 Å². The maximum atomic E-state index is 13.8. The SMILES string of the molecule is CC1CCC([C@H](NC(=O)c2ccc3[nH]c(=O)c(=O)[nH]c3c2)C(=O)N2C[C@H](Cl)[C@H]3OCC(=O)[C@H]32)CC1. The van der Waals surface area contributed by atoms with Crippen LogP contribution in [0.5, 0.6) is 0 Å². The summed E-state index contributed by atoms with van der Waals surface area (Å²) in [4.78, 5) is 69.2. The number of halogens is 1. The minimum Gasteiger partial charge on any atom is -0.366 e. The van der Waals surface area contributed by atoms with E-state index >= 15 is 0 Å². The molecule has 2 saturated heterocycles. The van der Waals surface area contributed by atoms with Gasteiger partial charge in [-0.2, -0.15) is 0 Å². The van der Waals surface area contributed by atoms with E-state index in [0.717, 1.165) is 25.7 Å². The second-order valence-electron chi connectivity index (χ2n) is 9.83. The zero-order valence-corrected chi connectivity index (χ0v) is 20.0. The number of alkyl halides is 1. The third-order valence-electron chi connectivity index (χ3n) is 7.47. The first kappa shape index (κ1) is 23.7. The monoisotopic (exact) mass is 502 g/mol. The molecule has 1 aromatic heterocycles. The zero-order chi connectivity index (χ0) is 24.9. The van der Waals surface area contributed by atoms with E-state index < -0.39 is 40.6 Å². The minimum atomic E-state index is -0.823. The molecule has 1 saturated carbocycles. The first-order chi connectivity index (χ1) is 16.7. The van der Waals surface area contributed by atoms with Crippen LogP contribution >= 0.6 is 11.6 Å². The average molecular weight is 503 g/mol. The van der Waals surface area contributed by atoms with Gasteiger partial charge in [0.15, 0.2) is 5.78 Å². The third kappa shape index (κ3) is 4.40. The molecule has 35 heavy (non-hydrogen) atoms. The van der Waals surface area contributed by atoms with Gasteiger partial charge in [0.05, 0.1) is 16.4 Å². The number of Topliss-reactive ketones (excluding diaryl/α,β-unsaturated/α-hetero) is 1. The molecular weight excluding hydrogens is 476 g/mol. The lowest BCUT2D eigenvalue weighted by molar-refractivity contribution is -0.139. The van der Waals surface area contributed by atoms with Gasteiger partial charge in [-0.25, -0.2) is 0 Å². The molecule has 2 aromatic rings. The Balaban J connectivity index is 1.43. The van der Waals surface area contributed by atoms with Gasteiger partial charge in [-0.3, -0.25) is 24.0 Å². The maximum Gasteiger partial charge on any atom is 0.314 e. The summed E-state index contributed by atoms with van der Waals surface area (Å²) in [5.41, 5.74) is -0.674. The number of fused-ring (bicyclic) bond motifs is 2. The summed E-state index contributed by atoms with van der Waals surface area (Å²) < 4.78 is 5.51. The van der Waals surface area contributed by atoms with Crippen LogP contribution in [0.25, 0.3) is 11.0 Å². The topological polar surface area (TPSA) is 141 Å². The van der Waals surface area contributed by atoms with Gasteiger partial charge in [-0.05, 0) is 42.9 Å². The van der Waals surface area contributed by atoms with Gasteiger partial charge >= 0.3 is 11.1 Å². The normalized spacial score (nSPS) is 29.3. The van der Waals surface area contributed by atoms with Crippen LogP contribution in [-0.4, -0.2) is 69.2 Å². The van der Waals surface area contributed by atoms with Crippen molar-refractivity contribution in [1.29, 1.82) is 0 Å². The molecule has 1 aromatic carbocycles. The van der Waals surface area contributed by atoms with Gasteiger partial charge < -0.3 is 24.9 Å². The number of ketones is 1. The molecule has 3 aliphatic rings. The smallest absolute Gasteiger partial charge is 0.314 e. The maximum absolute atomic E-state index is 13.8. The number of aromatic nitrogens is 2. The first-order valence-electron chi connectivity index (χ1n) is 11.9. The van der Waals surface area contributed by atoms with Crippen molar-refractivity contribution < 1.29 is 19.1 Å². The summed E-state index contributed by atoms with van der Waals surface area (Å²) in [6.45, 7) is 2.28. The Kier molecular flexibility index (Phi) is 6.27. The predicted molar refractivity (Wildman–Crippen MR) is 127 cm³/mol. The molecule has 3 fully saturated rings. The summed E-state index contributed by atoms with van der Waals surface area (Å²) in [6.07, 6.45) is 2.92. The molecule has 4 atom stereocenters. The predicted octanol–water partition coefficient (Wildman–Crippen LogP) is 0.927. The quantitative estimate of drug-likeness (QED) is 0.419. The molecule has 3 heterocycles. The molecule has 0 unspecified atom stereocenters. The van der Waals surface area contributed by atoms with Gasteiger partial charge in [0.25, 0.3) is 5.91 Å². The van der Waals surface area contributed by atoms with E-state index in [1.807, 2.05) is 0 Å². The number of amides is 2. The van der Waals surface area contributed by atoms with Gasteiger partial charge in [-0.15, -0.1) is 11.6 Å². The van der Waals surface area contributed by atoms with E-state index in [4.69, 9.17) is 16.3 Å². The molecule has 2 amide bonds. The van der Waals surface area contributed by atoms with Gasteiger partial charge in [-0.1, -0.05) is 19.8 Å². The van der Waals surface area contributed by atoms with Crippen LogP contribution in [0.3, 0.4) is 0 Å². The number of hydrogen-bond acceptors (Lipinski definition) is 6. The van der Waals surface area contributed by atoms with E-state index in [0.29, 0.717) is 17.0 Å². The second kappa shape index (κ2) is 9.23. The second-order valence-corrected chi connectivity index (χ2v) is 10.4. The molecule has 10 nitrogen and oxygen atoms in total. The Morgan fingerprint density at radius 2 is 1.77 bits per heavy atom. The molecule has 11 heteroatoms. The van der Waals surface area contributed by atoms with E-state index in [9.17, 15) is 24.0 Å².